The number of ether oxygens (including phenoxy) is 5. The Balaban J connectivity index is 1.75. The number of aliphatic hydroxyl groups excluding tert-OH is 1. The molecule has 2 N–H and O–H groups in total. The van der Waals surface area contributed by atoms with Crippen LogP contribution in [0.5, 0.6) is 0 Å². The molecule has 3 saturated heterocycles. The summed E-state index contributed by atoms with van der Waals surface area (Å²) in [5.74, 6) is -4.33. The minimum absolute atomic E-state index is 0.226. The number of amides is 1. The van der Waals surface area contributed by atoms with Gasteiger partial charge in [-0.2, -0.15) is 0 Å². The van der Waals surface area contributed by atoms with E-state index in [1.807, 2.05) is 71.8 Å². The average molecular weight is 761 g/mol. The van der Waals surface area contributed by atoms with Crippen molar-refractivity contribution in [2.45, 2.75) is 160 Å². The first-order chi connectivity index (χ1) is 25.2. The Morgan fingerprint density at radius 3 is 2.24 bits per heavy atom. The molecule has 1 aromatic carbocycles. The summed E-state index contributed by atoms with van der Waals surface area (Å²) in [4.78, 5) is 45.8. The molecular weight excluding hydrogens is 692 g/mol. The number of methoxy groups -OCH3 is 1. The average Bonchev–Trinajstić information content (AvgIpc) is 3.39. The predicted molar refractivity (Wildman–Crippen MR) is 205 cm³/mol. The third-order valence-corrected chi connectivity index (χ3v) is 13.1. The molecule has 3 heterocycles. The summed E-state index contributed by atoms with van der Waals surface area (Å²) >= 11 is 0. The second-order valence-electron chi connectivity index (χ2n) is 17.1. The fourth-order valence-corrected chi connectivity index (χ4v) is 9.24. The molecule has 54 heavy (non-hydrogen) atoms. The Morgan fingerprint density at radius 1 is 1.00 bits per heavy atom. The second kappa shape index (κ2) is 17.7. The first-order valence-electron chi connectivity index (χ1n) is 19.9. The number of unbranched alkanes of at least 4 members (excludes halogenated alkanes) is 1. The lowest BCUT2D eigenvalue weighted by Crippen LogP contribution is -2.63. The van der Waals surface area contributed by atoms with E-state index < -0.39 is 89.0 Å². The molecule has 1 amide bonds. The number of esters is 1. The SMILES string of the molecule is CCC1OC(=O)[C@H](C)C(=O)[C@H](C)[C@@H](O[C@@H]2O[C@H](C)C[C@H](N(C)C)[C@H]2O)[C@](C)(OC)C[C@@H](C)[C@](C)(O)[C@H](C)[C@H]2N(CCCCc3ccccc3)C(=O)O[C@]12C. The molecule has 1 unspecified atom stereocenters. The number of aryl methyl sites for hydroxylation is 1. The molecule has 3 fully saturated rings. The van der Waals surface area contributed by atoms with Gasteiger partial charge in [-0.05, 0) is 98.7 Å². The maximum atomic E-state index is 14.3. The maximum absolute atomic E-state index is 14.3. The van der Waals surface area contributed by atoms with Gasteiger partial charge in [0.05, 0.1) is 29.5 Å². The van der Waals surface area contributed by atoms with Crippen LogP contribution in [0.2, 0.25) is 0 Å². The summed E-state index contributed by atoms with van der Waals surface area (Å²) in [7, 11) is 5.31. The van der Waals surface area contributed by atoms with Gasteiger partial charge in [0.1, 0.15) is 18.1 Å². The van der Waals surface area contributed by atoms with Crippen molar-refractivity contribution in [3.8, 4) is 0 Å². The van der Waals surface area contributed by atoms with Crippen LogP contribution in [0.1, 0.15) is 100.0 Å². The number of rotatable bonds is 10. The molecule has 3 aliphatic heterocycles. The van der Waals surface area contributed by atoms with E-state index in [0.717, 1.165) is 12.8 Å². The van der Waals surface area contributed by atoms with Crippen LogP contribution in [0.25, 0.3) is 0 Å². The smallest absolute Gasteiger partial charge is 0.410 e. The number of cyclic esters (lactones) is 1. The summed E-state index contributed by atoms with van der Waals surface area (Å²) in [5, 5.41) is 24.1. The number of ketones is 1. The van der Waals surface area contributed by atoms with E-state index in [0.29, 0.717) is 25.8 Å². The van der Waals surface area contributed by atoms with Gasteiger partial charge >= 0.3 is 12.1 Å². The first kappa shape index (κ1) is 44.1. The molecule has 14 atom stereocenters. The number of carbonyl (C=O) groups is 3. The fraction of sp³-hybridized carbons (Fsp3) is 0.786. The number of benzene rings is 1. The molecule has 1 aromatic rings. The highest BCUT2D eigenvalue weighted by atomic mass is 16.7. The van der Waals surface area contributed by atoms with Gasteiger partial charge < -0.3 is 43.7 Å². The number of Topliss-reactive ketones (excluding diaryl/α,β-unsaturated/α-hetero) is 1. The molecule has 0 aromatic heterocycles. The predicted octanol–water partition coefficient (Wildman–Crippen LogP) is 5.40. The number of fused-ring (bicyclic) bond motifs is 1. The van der Waals surface area contributed by atoms with Gasteiger partial charge in [0.25, 0.3) is 0 Å². The van der Waals surface area contributed by atoms with Crippen molar-refractivity contribution in [2.75, 3.05) is 27.7 Å². The third kappa shape index (κ3) is 8.99. The molecule has 306 valence electrons. The summed E-state index contributed by atoms with van der Waals surface area (Å²) in [6.07, 6.45) is -1.28. The topological polar surface area (TPSA) is 144 Å². The van der Waals surface area contributed by atoms with Gasteiger partial charge in [-0.3, -0.25) is 9.59 Å². The monoisotopic (exact) mass is 760 g/mol. The highest BCUT2D eigenvalue weighted by Gasteiger charge is 2.62. The Labute approximate surface area is 323 Å². The van der Waals surface area contributed by atoms with Crippen LogP contribution in [-0.2, 0) is 39.7 Å². The summed E-state index contributed by atoms with van der Waals surface area (Å²) in [6, 6.07) is 9.24. The number of nitrogens with zero attached hydrogens (tertiary/aromatic N) is 2. The lowest BCUT2D eigenvalue weighted by Gasteiger charge is -2.50. The van der Waals surface area contributed by atoms with Crippen molar-refractivity contribution >= 4 is 17.8 Å². The zero-order chi connectivity index (χ0) is 40.3. The quantitative estimate of drug-likeness (QED) is 0.180. The van der Waals surface area contributed by atoms with Crippen molar-refractivity contribution in [2.24, 2.45) is 23.7 Å². The number of aliphatic hydroxyl groups is 2. The number of carbonyl (C=O) groups excluding carboxylic acids is 3. The maximum Gasteiger partial charge on any atom is 0.410 e. The molecule has 12 heteroatoms. The third-order valence-electron chi connectivity index (χ3n) is 13.1. The molecule has 4 rings (SSSR count). The first-order valence-corrected chi connectivity index (χ1v) is 19.9. The van der Waals surface area contributed by atoms with Crippen LogP contribution in [-0.4, -0.2) is 125 Å². The van der Waals surface area contributed by atoms with E-state index in [4.69, 9.17) is 23.7 Å². The second-order valence-corrected chi connectivity index (χ2v) is 17.1. The van der Waals surface area contributed by atoms with Crippen molar-refractivity contribution in [1.82, 2.24) is 9.80 Å². The number of hydrogen-bond donors (Lipinski definition) is 2. The molecule has 3 aliphatic rings. The van der Waals surface area contributed by atoms with E-state index in [1.54, 1.807) is 25.7 Å². The molecule has 0 spiro atoms. The van der Waals surface area contributed by atoms with Crippen molar-refractivity contribution in [3.05, 3.63) is 35.9 Å². The largest absolute Gasteiger partial charge is 0.458 e. The summed E-state index contributed by atoms with van der Waals surface area (Å²) < 4.78 is 31.4. The van der Waals surface area contributed by atoms with Gasteiger partial charge in [-0.15, -0.1) is 0 Å². The van der Waals surface area contributed by atoms with Crippen molar-refractivity contribution in [3.63, 3.8) is 0 Å². The molecule has 0 bridgehead atoms. The van der Waals surface area contributed by atoms with Crippen LogP contribution >= 0.6 is 0 Å². The van der Waals surface area contributed by atoms with Gasteiger partial charge in [-0.1, -0.05) is 58.0 Å². The van der Waals surface area contributed by atoms with Gasteiger partial charge in [0, 0.05) is 31.5 Å². The molecule has 12 nitrogen and oxygen atoms in total. The normalized spacial score (nSPS) is 41.3. The summed E-state index contributed by atoms with van der Waals surface area (Å²) in [5.41, 5.74) is -2.75. The van der Waals surface area contributed by atoms with E-state index in [9.17, 15) is 24.6 Å². The van der Waals surface area contributed by atoms with E-state index in [2.05, 4.69) is 12.1 Å². The Bertz CT molecular complexity index is 1420. The summed E-state index contributed by atoms with van der Waals surface area (Å²) in [6.45, 7) is 16.6. The van der Waals surface area contributed by atoms with Crippen LogP contribution in [0.4, 0.5) is 4.79 Å². The number of likely N-dealkylation sites (N-methyl/N-ethyl adjacent to an activating group) is 1. The van der Waals surface area contributed by atoms with Crippen LogP contribution in [0.3, 0.4) is 0 Å². The van der Waals surface area contributed by atoms with E-state index >= 15 is 0 Å². The van der Waals surface area contributed by atoms with Crippen LogP contribution < -0.4 is 0 Å². The Morgan fingerprint density at radius 2 is 1.65 bits per heavy atom. The molecule has 0 radical (unpaired) electrons. The minimum Gasteiger partial charge on any atom is -0.458 e. The minimum atomic E-state index is -1.43. The number of hydrogen-bond acceptors (Lipinski definition) is 11. The van der Waals surface area contributed by atoms with E-state index in [1.165, 1.54) is 19.6 Å². The van der Waals surface area contributed by atoms with E-state index in [-0.39, 0.29) is 18.6 Å². The molecular formula is C42H68N2O10. The Kier molecular flexibility index (Phi) is 14.4. The van der Waals surface area contributed by atoms with Crippen molar-refractivity contribution in [1.29, 1.82) is 0 Å². The molecule has 0 saturated carbocycles. The zero-order valence-corrected chi connectivity index (χ0v) is 34.7. The fourth-order valence-electron chi connectivity index (χ4n) is 9.24. The van der Waals surface area contributed by atoms with Crippen molar-refractivity contribution < 1.29 is 48.3 Å². The molecule has 0 aliphatic carbocycles. The lowest BCUT2D eigenvalue weighted by atomic mass is 9.67. The zero-order valence-electron chi connectivity index (χ0n) is 34.7. The lowest BCUT2D eigenvalue weighted by molar-refractivity contribution is -0.296. The van der Waals surface area contributed by atoms with Gasteiger partial charge in [-0.25, -0.2) is 4.79 Å². The Hall–Kier alpha value is -2.61. The van der Waals surface area contributed by atoms with Gasteiger partial charge in [0.15, 0.2) is 17.7 Å². The van der Waals surface area contributed by atoms with Crippen LogP contribution in [0.15, 0.2) is 30.3 Å². The van der Waals surface area contributed by atoms with Gasteiger partial charge in [0.2, 0.25) is 0 Å². The van der Waals surface area contributed by atoms with Crippen LogP contribution in [0, 0.1) is 23.7 Å². The highest BCUT2D eigenvalue weighted by Crippen LogP contribution is 2.47. The highest BCUT2D eigenvalue weighted by molar-refractivity contribution is 6.00. The standard InChI is InChI=1S/C42H68N2O10/c1-13-32-42(9)35(44(39(48)54-42)22-18-17-21-30-19-15-14-16-20-30)29(6)41(8,49)25(2)24-40(7,50-12)36(27(4)33(45)28(5)37(47)52-32)53-38-34(46)31(43(10)11)23-26(3)51-38/h14-16,19-20,25-29,31-32,34-36,38,46,49H,13,17-18,21-24H2,1-12H3/t25-,26-,27+,28-,29-,31+,32?,34-,35-,36-,38+,40-,41+,42-/m1/s1.